The molecule has 3 rings (SSSR count). The van der Waals surface area contributed by atoms with Crippen molar-refractivity contribution in [1.82, 2.24) is 5.32 Å². The van der Waals surface area contributed by atoms with Crippen molar-refractivity contribution in [3.8, 4) is 5.75 Å². The molecule has 0 spiro atoms. The summed E-state index contributed by atoms with van der Waals surface area (Å²) in [6, 6.07) is 9.79. The molecule has 22 heavy (non-hydrogen) atoms. The van der Waals surface area contributed by atoms with Crippen molar-refractivity contribution in [2.75, 3.05) is 6.61 Å². The molecule has 0 saturated heterocycles. The Labute approximate surface area is 127 Å². The number of aliphatic hydroxyl groups is 1. The van der Waals surface area contributed by atoms with E-state index < -0.39 is 5.82 Å². The van der Waals surface area contributed by atoms with E-state index in [0.29, 0.717) is 12.2 Å². The largest absolute Gasteiger partial charge is 0.493 e. The maximum absolute atomic E-state index is 13.3. The fourth-order valence-electron chi connectivity index (χ4n) is 2.47. The summed E-state index contributed by atoms with van der Waals surface area (Å²) < 4.78 is 18.7. The average Bonchev–Trinajstić information content (AvgIpc) is 3.01. The molecule has 0 saturated carbocycles. The van der Waals surface area contributed by atoms with Gasteiger partial charge in [-0.3, -0.25) is 4.79 Å². The minimum atomic E-state index is -0.448. The third kappa shape index (κ3) is 2.94. The molecule has 0 unspecified atom stereocenters. The quantitative estimate of drug-likeness (QED) is 0.910. The highest BCUT2D eigenvalue weighted by atomic mass is 19.1. The van der Waals surface area contributed by atoms with Gasteiger partial charge in [0.2, 0.25) is 0 Å². The Bertz CT molecular complexity index is 715. The Balaban J connectivity index is 1.67. The zero-order chi connectivity index (χ0) is 15.5. The smallest absolute Gasteiger partial charge is 0.251 e. The van der Waals surface area contributed by atoms with E-state index in [4.69, 9.17) is 9.84 Å². The van der Waals surface area contributed by atoms with E-state index in [0.717, 1.165) is 23.3 Å². The Morgan fingerprint density at radius 3 is 2.95 bits per heavy atom. The van der Waals surface area contributed by atoms with Gasteiger partial charge in [0.25, 0.3) is 5.91 Å². The van der Waals surface area contributed by atoms with E-state index in [9.17, 15) is 9.18 Å². The molecular weight excluding hydrogens is 285 g/mol. The summed E-state index contributed by atoms with van der Waals surface area (Å²) in [7, 11) is 0. The number of benzene rings is 2. The minimum absolute atomic E-state index is 0.190. The van der Waals surface area contributed by atoms with Gasteiger partial charge in [0, 0.05) is 24.1 Å². The van der Waals surface area contributed by atoms with Gasteiger partial charge in [-0.2, -0.15) is 0 Å². The monoisotopic (exact) mass is 301 g/mol. The second-order valence-electron chi connectivity index (χ2n) is 5.19. The van der Waals surface area contributed by atoms with Crippen LogP contribution in [0.1, 0.15) is 27.0 Å². The van der Waals surface area contributed by atoms with Gasteiger partial charge in [0.15, 0.2) is 0 Å². The van der Waals surface area contributed by atoms with Crippen molar-refractivity contribution in [3.05, 3.63) is 64.5 Å². The number of carbonyl (C=O) groups excluding carboxylic acids is 1. The molecule has 4 nitrogen and oxygen atoms in total. The van der Waals surface area contributed by atoms with Crippen molar-refractivity contribution < 1.29 is 19.0 Å². The van der Waals surface area contributed by atoms with Crippen LogP contribution in [0.15, 0.2) is 36.4 Å². The first-order chi connectivity index (χ1) is 10.7. The van der Waals surface area contributed by atoms with Crippen molar-refractivity contribution in [1.29, 1.82) is 0 Å². The molecular formula is C17H16FNO3. The van der Waals surface area contributed by atoms with Crippen molar-refractivity contribution in [2.24, 2.45) is 0 Å². The number of halogens is 1. The summed E-state index contributed by atoms with van der Waals surface area (Å²) in [5.41, 5.74) is 2.58. The zero-order valence-electron chi connectivity index (χ0n) is 11.9. The zero-order valence-corrected chi connectivity index (χ0v) is 11.9. The molecule has 1 amide bonds. The van der Waals surface area contributed by atoms with Gasteiger partial charge < -0.3 is 15.2 Å². The second kappa shape index (κ2) is 6.15. The van der Waals surface area contributed by atoms with Crippen molar-refractivity contribution in [3.63, 3.8) is 0 Å². The van der Waals surface area contributed by atoms with Crippen LogP contribution in [-0.2, 0) is 19.6 Å². The van der Waals surface area contributed by atoms with Crippen LogP contribution < -0.4 is 10.1 Å². The van der Waals surface area contributed by atoms with Gasteiger partial charge in [-0.25, -0.2) is 4.39 Å². The molecule has 114 valence electrons. The van der Waals surface area contributed by atoms with Crippen LogP contribution in [0.3, 0.4) is 0 Å². The van der Waals surface area contributed by atoms with Crippen LogP contribution in [0.5, 0.6) is 5.75 Å². The molecule has 2 aromatic rings. The molecule has 2 N–H and O–H groups in total. The van der Waals surface area contributed by atoms with E-state index in [-0.39, 0.29) is 24.6 Å². The SMILES string of the molecule is O=C(NCc1ccc(F)c(CO)c1)c1ccc2c(c1)CCO2. The number of rotatable bonds is 4. The third-order valence-electron chi connectivity index (χ3n) is 3.69. The van der Waals surface area contributed by atoms with Gasteiger partial charge >= 0.3 is 0 Å². The lowest BCUT2D eigenvalue weighted by Gasteiger charge is -2.08. The number of aliphatic hydroxyl groups excluding tert-OH is 1. The predicted molar refractivity (Wildman–Crippen MR) is 79.1 cm³/mol. The molecule has 5 heteroatoms. The summed E-state index contributed by atoms with van der Waals surface area (Å²) in [4.78, 5) is 12.2. The standard InChI is InChI=1S/C17H16FNO3/c18-15-3-1-11(7-14(15)10-20)9-19-17(21)13-2-4-16-12(8-13)5-6-22-16/h1-4,7-8,20H,5-6,9-10H2,(H,19,21). The Kier molecular flexibility index (Phi) is 4.06. The molecule has 1 heterocycles. The summed E-state index contributed by atoms with van der Waals surface area (Å²) in [6.07, 6.45) is 0.814. The highest BCUT2D eigenvalue weighted by Crippen LogP contribution is 2.25. The fraction of sp³-hybridized carbons (Fsp3) is 0.235. The summed E-state index contributed by atoms with van der Waals surface area (Å²) >= 11 is 0. The van der Waals surface area contributed by atoms with Crippen LogP contribution >= 0.6 is 0 Å². The van der Waals surface area contributed by atoms with Gasteiger partial charge in [0.1, 0.15) is 11.6 Å². The van der Waals surface area contributed by atoms with Crippen LogP contribution in [-0.4, -0.2) is 17.6 Å². The predicted octanol–water partition coefficient (Wildman–Crippen LogP) is 2.18. The summed E-state index contributed by atoms with van der Waals surface area (Å²) in [5.74, 6) is 0.198. The molecule has 1 aliphatic heterocycles. The highest BCUT2D eigenvalue weighted by Gasteiger charge is 2.15. The number of hydrogen-bond donors (Lipinski definition) is 2. The maximum atomic E-state index is 13.3. The van der Waals surface area contributed by atoms with Crippen LogP contribution in [0.2, 0.25) is 0 Å². The number of amides is 1. The highest BCUT2D eigenvalue weighted by molar-refractivity contribution is 5.94. The topological polar surface area (TPSA) is 58.6 Å². The first kappa shape index (κ1) is 14.5. The average molecular weight is 301 g/mol. The molecule has 0 atom stereocenters. The fourth-order valence-corrected chi connectivity index (χ4v) is 2.47. The number of hydrogen-bond acceptors (Lipinski definition) is 3. The maximum Gasteiger partial charge on any atom is 0.251 e. The third-order valence-corrected chi connectivity index (χ3v) is 3.69. The summed E-state index contributed by atoms with van der Waals surface area (Å²) in [6.45, 7) is 0.568. The van der Waals surface area contributed by atoms with Gasteiger partial charge in [-0.1, -0.05) is 6.07 Å². The summed E-state index contributed by atoms with van der Waals surface area (Å²) in [5, 5.41) is 11.8. The lowest BCUT2D eigenvalue weighted by molar-refractivity contribution is 0.0951. The van der Waals surface area contributed by atoms with Crippen molar-refractivity contribution >= 4 is 5.91 Å². The minimum Gasteiger partial charge on any atom is -0.493 e. The molecule has 0 bridgehead atoms. The van der Waals surface area contributed by atoms with E-state index in [1.54, 1.807) is 24.3 Å². The van der Waals surface area contributed by atoms with Gasteiger partial charge in [-0.15, -0.1) is 0 Å². The van der Waals surface area contributed by atoms with Gasteiger partial charge in [0.05, 0.1) is 13.2 Å². The van der Waals surface area contributed by atoms with E-state index in [1.807, 2.05) is 6.07 Å². The molecule has 0 aliphatic carbocycles. The van der Waals surface area contributed by atoms with Gasteiger partial charge in [-0.05, 0) is 41.5 Å². The Morgan fingerprint density at radius 2 is 2.14 bits per heavy atom. The normalized spacial score (nSPS) is 12.6. The second-order valence-corrected chi connectivity index (χ2v) is 5.19. The lowest BCUT2D eigenvalue weighted by Crippen LogP contribution is -2.23. The molecule has 0 aromatic heterocycles. The first-order valence-corrected chi connectivity index (χ1v) is 7.09. The molecule has 0 fully saturated rings. The first-order valence-electron chi connectivity index (χ1n) is 7.09. The molecule has 1 aliphatic rings. The van der Waals surface area contributed by atoms with E-state index >= 15 is 0 Å². The van der Waals surface area contributed by atoms with Crippen LogP contribution in [0, 0.1) is 5.82 Å². The Morgan fingerprint density at radius 1 is 1.27 bits per heavy atom. The van der Waals surface area contributed by atoms with Crippen LogP contribution in [0.4, 0.5) is 4.39 Å². The lowest BCUT2D eigenvalue weighted by atomic mass is 10.1. The molecule has 0 radical (unpaired) electrons. The molecule has 2 aromatic carbocycles. The number of ether oxygens (including phenoxy) is 1. The van der Waals surface area contributed by atoms with E-state index in [1.165, 1.54) is 6.07 Å². The van der Waals surface area contributed by atoms with Crippen molar-refractivity contribution in [2.45, 2.75) is 19.6 Å². The number of fused-ring (bicyclic) bond motifs is 1. The Hall–Kier alpha value is -2.40. The number of nitrogens with one attached hydrogen (secondary N) is 1. The number of carbonyl (C=O) groups is 1. The van der Waals surface area contributed by atoms with Crippen LogP contribution in [0.25, 0.3) is 0 Å². The van der Waals surface area contributed by atoms with E-state index in [2.05, 4.69) is 5.32 Å².